The summed E-state index contributed by atoms with van der Waals surface area (Å²) >= 11 is 0. The number of pyridine rings is 1. The van der Waals surface area contributed by atoms with Crippen molar-refractivity contribution >= 4 is 29.6 Å². The smallest absolute Gasteiger partial charge is 0.248 e. The fourth-order valence-corrected chi connectivity index (χ4v) is 3.87. The molecule has 0 spiro atoms. The molecular formula is C24H24FN5O2. The molecule has 2 N–H and O–H groups in total. The Labute approximate surface area is 185 Å². The molecule has 8 heteroatoms. The molecule has 0 aliphatic carbocycles. The predicted molar refractivity (Wildman–Crippen MR) is 122 cm³/mol. The number of anilines is 1. The van der Waals surface area contributed by atoms with Crippen LogP contribution in [0.15, 0.2) is 64.1 Å². The number of hydrogen-bond acceptors (Lipinski definition) is 6. The largest absolute Gasteiger partial charge is 0.373 e. The summed E-state index contributed by atoms with van der Waals surface area (Å²) < 4.78 is 14.5. The highest BCUT2D eigenvalue weighted by Gasteiger charge is 2.22. The van der Waals surface area contributed by atoms with Crippen molar-refractivity contribution in [1.82, 2.24) is 15.2 Å². The van der Waals surface area contributed by atoms with Crippen molar-refractivity contribution in [2.45, 2.75) is 32.4 Å². The fourth-order valence-electron chi connectivity index (χ4n) is 3.87. The number of likely N-dealkylation sites (N-methyl/N-ethyl adjacent to an activating group) is 1. The van der Waals surface area contributed by atoms with Crippen LogP contribution in [0.3, 0.4) is 0 Å². The Morgan fingerprint density at radius 1 is 1.41 bits per heavy atom. The van der Waals surface area contributed by atoms with Gasteiger partial charge in [-0.25, -0.2) is 9.79 Å². The average Bonchev–Trinajstić information content (AvgIpc) is 2.83. The molecule has 0 aromatic carbocycles. The molecule has 0 saturated heterocycles. The molecule has 0 fully saturated rings. The third kappa shape index (κ3) is 4.31. The summed E-state index contributed by atoms with van der Waals surface area (Å²) in [6.45, 7) is 3.33. The van der Waals surface area contributed by atoms with Gasteiger partial charge in [0.2, 0.25) is 11.9 Å². The van der Waals surface area contributed by atoms with Crippen molar-refractivity contribution in [2.75, 3.05) is 18.9 Å². The van der Waals surface area contributed by atoms with Gasteiger partial charge in [-0.1, -0.05) is 13.0 Å². The van der Waals surface area contributed by atoms with E-state index < -0.39 is 12.0 Å². The molecule has 3 aliphatic rings. The minimum atomic E-state index is -0.823. The summed E-state index contributed by atoms with van der Waals surface area (Å²) in [6, 6.07) is 1.16. The Morgan fingerprint density at radius 2 is 2.25 bits per heavy atom. The van der Waals surface area contributed by atoms with E-state index in [2.05, 4.69) is 25.5 Å². The summed E-state index contributed by atoms with van der Waals surface area (Å²) in [5.74, 6) is 1.01. The van der Waals surface area contributed by atoms with Gasteiger partial charge in [0.15, 0.2) is 5.94 Å². The van der Waals surface area contributed by atoms with Crippen LogP contribution in [0.25, 0.3) is 6.08 Å². The van der Waals surface area contributed by atoms with Crippen LogP contribution in [-0.2, 0) is 16.1 Å². The monoisotopic (exact) mass is 433 g/mol. The normalized spacial score (nSPS) is 21.9. The first-order valence-corrected chi connectivity index (χ1v) is 10.5. The highest BCUT2D eigenvalue weighted by molar-refractivity contribution is 6.00. The molecule has 0 radical (unpaired) electrons. The van der Waals surface area contributed by atoms with Crippen molar-refractivity contribution in [2.24, 2.45) is 4.99 Å². The van der Waals surface area contributed by atoms with Crippen LogP contribution in [-0.4, -0.2) is 47.3 Å². The first kappa shape index (κ1) is 21.5. The number of hydrogen-bond donors (Lipinski definition) is 2. The quantitative estimate of drug-likeness (QED) is 0.713. The lowest BCUT2D eigenvalue weighted by molar-refractivity contribution is -0.120. The Hall–Kier alpha value is -3.77. The molecule has 1 aromatic rings. The van der Waals surface area contributed by atoms with Crippen molar-refractivity contribution in [3.05, 3.63) is 70.4 Å². The highest BCUT2D eigenvalue weighted by Crippen LogP contribution is 2.30. The van der Waals surface area contributed by atoms with E-state index in [1.807, 2.05) is 43.5 Å². The lowest BCUT2D eigenvalue weighted by atomic mass is 9.99. The zero-order valence-electron chi connectivity index (χ0n) is 18.0. The van der Waals surface area contributed by atoms with Gasteiger partial charge < -0.3 is 15.5 Å². The lowest BCUT2D eigenvalue weighted by Gasteiger charge is -2.26. The SMILES string of the molecule is CCC1=Cc2ncc(CN3C=CC(=C4C=CC(C(=O)NC)N=C4F)CC3)cc2NC1=C=O. The van der Waals surface area contributed by atoms with E-state index in [4.69, 9.17) is 0 Å². The van der Waals surface area contributed by atoms with Crippen LogP contribution in [0.2, 0.25) is 0 Å². The molecule has 1 unspecified atom stereocenters. The van der Waals surface area contributed by atoms with Gasteiger partial charge in [0, 0.05) is 31.9 Å². The van der Waals surface area contributed by atoms with Crippen LogP contribution in [0, 0.1) is 0 Å². The molecule has 0 saturated carbocycles. The van der Waals surface area contributed by atoms with Gasteiger partial charge in [0.05, 0.1) is 11.4 Å². The van der Waals surface area contributed by atoms with E-state index in [9.17, 15) is 14.0 Å². The van der Waals surface area contributed by atoms with Crippen molar-refractivity contribution in [3.8, 4) is 0 Å². The maximum atomic E-state index is 14.5. The van der Waals surface area contributed by atoms with E-state index >= 15 is 0 Å². The Balaban J connectivity index is 1.47. The highest BCUT2D eigenvalue weighted by atomic mass is 19.1. The molecule has 0 bridgehead atoms. The second kappa shape index (κ2) is 9.16. The minimum Gasteiger partial charge on any atom is -0.373 e. The van der Waals surface area contributed by atoms with Crippen LogP contribution in [0.4, 0.5) is 10.1 Å². The zero-order valence-corrected chi connectivity index (χ0v) is 18.0. The van der Waals surface area contributed by atoms with Gasteiger partial charge in [0.1, 0.15) is 11.7 Å². The summed E-state index contributed by atoms with van der Waals surface area (Å²) in [5, 5.41) is 5.60. The standard InChI is InChI=1S/C24H24FN5O2/c1-3-16-11-20-21(28-22(16)14-31)10-15(12-27-20)13-30-8-6-17(7-9-30)18-4-5-19(24(32)26-2)29-23(18)25/h4-6,8,10-12,19,28H,3,7,9,13H2,1-2H3,(H,26,32). The number of halogens is 1. The van der Waals surface area contributed by atoms with Gasteiger partial charge in [-0.3, -0.25) is 9.78 Å². The number of carbonyl (C=O) groups excluding carboxylic acids is 2. The van der Waals surface area contributed by atoms with E-state index in [1.54, 1.807) is 12.2 Å². The van der Waals surface area contributed by atoms with E-state index in [0.717, 1.165) is 34.5 Å². The van der Waals surface area contributed by atoms with Crippen molar-refractivity contribution < 1.29 is 14.0 Å². The molecule has 1 amide bonds. The number of aliphatic imine (C=N–C) groups is 1. The van der Waals surface area contributed by atoms with Crippen molar-refractivity contribution in [1.29, 1.82) is 0 Å². The van der Waals surface area contributed by atoms with Gasteiger partial charge in [-0.2, -0.15) is 4.39 Å². The van der Waals surface area contributed by atoms with Crippen LogP contribution in [0.5, 0.6) is 0 Å². The van der Waals surface area contributed by atoms with Crippen molar-refractivity contribution in [3.63, 3.8) is 0 Å². The molecule has 32 heavy (non-hydrogen) atoms. The Morgan fingerprint density at radius 3 is 2.91 bits per heavy atom. The van der Waals surface area contributed by atoms with Gasteiger partial charge in [0.25, 0.3) is 0 Å². The number of allylic oxidation sites excluding steroid dienone is 4. The summed E-state index contributed by atoms with van der Waals surface area (Å²) in [6.07, 6.45) is 12.2. The molecule has 1 atom stereocenters. The van der Waals surface area contributed by atoms with Gasteiger partial charge in [-0.15, -0.1) is 0 Å². The lowest BCUT2D eigenvalue weighted by Crippen LogP contribution is -2.31. The number of nitrogens with one attached hydrogen (secondary N) is 2. The fraction of sp³-hybridized carbons (Fsp3) is 0.292. The van der Waals surface area contributed by atoms with E-state index in [0.29, 0.717) is 30.8 Å². The Bertz CT molecular complexity index is 1150. The summed E-state index contributed by atoms with van der Waals surface area (Å²) in [5.41, 5.74) is 5.20. The number of fused-ring (bicyclic) bond motifs is 1. The Kier molecular flexibility index (Phi) is 6.14. The second-order valence-electron chi connectivity index (χ2n) is 7.71. The minimum absolute atomic E-state index is 0.337. The summed E-state index contributed by atoms with van der Waals surface area (Å²) in [7, 11) is 1.50. The number of carbonyl (C=O) groups is 1. The predicted octanol–water partition coefficient (Wildman–Crippen LogP) is 3.08. The number of nitrogens with zero attached hydrogens (tertiary/aromatic N) is 3. The molecular weight excluding hydrogens is 409 g/mol. The molecule has 7 nitrogen and oxygen atoms in total. The topological polar surface area (TPSA) is 86.7 Å². The van der Waals surface area contributed by atoms with Gasteiger partial charge >= 0.3 is 0 Å². The van der Waals surface area contributed by atoms with Crippen LogP contribution >= 0.6 is 0 Å². The molecule has 164 valence electrons. The number of dihydropyridines is 1. The average molecular weight is 433 g/mol. The third-order valence-corrected chi connectivity index (χ3v) is 5.67. The maximum Gasteiger partial charge on any atom is 0.248 e. The first-order valence-electron chi connectivity index (χ1n) is 10.5. The van der Waals surface area contributed by atoms with Gasteiger partial charge in [-0.05, 0) is 60.0 Å². The number of aromatic nitrogens is 1. The van der Waals surface area contributed by atoms with E-state index in [-0.39, 0.29) is 5.91 Å². The van der Waals surface area contributed by atoms with Crippen LogP contribution in [0.1, 0.15) is 31.0 Å². The third-order valence-electron chi connectivity index (χ3n) is 5.67. The second-order valence-corrected chi connectivity index (χ2v) is 7.71. The molecule has 4 heterocycles. The van der Waals surface area contributed by atoms with E-state index in [1.165, 1.54) is 7.05 Å². The zero-order chi connectivity index (χ0) is 22.7. The first-order chi connectivity index (χ1) is 15.5. The van der Waals surface area contributed by atoms with Crippen LogP contribution < -0.4 is 10.6 Å². The molecule has 3 aliphatic heterocycles. The number of amides is 1. The number of rotatable bonds is 4. The molecule has 1 aromatic heterocycles. The summed E-state index contributed by atoms with van der Waals surface area (Å²) in [4.78, 5) is 33.4. The molecule has 4 rings (SSSR count). The maximum absolute atomic E-state index is 14.5.